The van der Waals surface area contributed by atoms with Crippen molar-refractivity contribution in [2.45, 2.75) is 46.3 Å². The van der Waals surface area contributed by atoms with Crippen LogP contribution in [0, 0.1) is 5.92 Å². The summed E-state index contributed by atoms with van der Waals surface area (Å²) in [5.41, 5.74) is 1.64. The van der Waals surface area contributed by atoms with Crippen LogP contribution in [0.5, 0.6) is 0 Å². The lowest BCUT2D eigenvalue weighted by Gasteiger charge is -2.23. The number of urea groups is 1. The summed E-state index contributed by atoms with van der Waals surface area (Å²) in [7, 11) is 1.76. The molecule has 1 atom stereocenters. The molecule has 0 radical (unpaired) electrons. The minimum atomic E-state index is -0.675. The predicted molar refractivity (Wildman–Crippen MR) is 89.3 cm³/mol. The second-order valence-electron chi connectivity index (χ2n) is 6.71. The Morgan fingerprint density at radius 3 is 2.50 bits per heavy atom. The molecule has 0 fully saturated rings. The summed E-state index contributed by atoms with van der Waals surface area (Å²) in [4.78, 5) is 28.8. The van der Waals surface area contributed by atoms with Crippen LogP contribution in [0.3, 0.4) is 0 Å². The van der Waals surface area contributed by atoms with Gasteiger partial charge < -0.3 is 10.1 Å². The van der Waals surface area contributed by atoms with Crippen molar-refractivity contribution in [1.82, 2.24) is 20.6 Å². The topological polar surface area (TPSA) is 107 Å². The van der Waals surface area contributed by atoms with Crippen molar-refractivity contribution in [3.8, 4) is 0 Å². The molecule has 0 aliphatic heterocycles. The zero-order valence-corrected chi connectivity index (χ0v) is 15.0. The maximum Gasteiger partial charge on any atom is 0.431 e. The van der Waals surface area contributed by atoms with Crippen LogP contribution in [-0.2, 0) is 16.6 Å². The van der Waals surface area contributed by atoms with E-state index in [0.717, 1.165) is 0 Å². The number of aryl methyl sites for hydroxylation is 1. The summed E-state index contributed by atoms with van der Waals surface area (Å²) in [6.45, 7) is 9.33. The van der Waals surface area contributed by atoms with Gasteiger partial charge in [0.15, 0.2) is 5.82 Å². The van der Waals surface area contributed by atoms with Gasteiger partial charge in [-0.3, -0.25) is 14.8 Å². The Balaban J connectivity index is 2.40. The monoisotopic (exact) mass is 341 g/mol. The van der Waals surface area contributed by atoms with Crippen molar-refractivity contribution < 1.29 is 19.2 Å². The number of hydrogen-bond donors (Lipinski definition) is 3. The summed E-state index contributed by atoms with van der Waals surface area (Å²) in [6, 6.07) is 1.28. The number of ether oxygens (including phenoxy) is 1. The highest BCUT2D eigenvalue weighted by molar-refractivity contribution is 5.88. The van der Waals surface area contributed by atoms with Crippen molar-refractivity contribution in [1.29, 1.82) is 0 Å². The van der Waals surface area contributed by atoms with Crippen LogP contribution < -0.4 is 16.1 Å². The fraction of sp³-hybridized carbons (Fsp3) is 0.667. The van der Waals surface area contributed by atoms with Crippen molar-refractivity contribution in [2.75, 3.05) is 11.9 Å². The molecule has 1 rings (SSSR count). The van der Waals surface area contributed by atoms with Gasteiger partial charge in [0.05, 0.1) is 0 Å². The summed E-state index contributed by atoms with van der Waals surface area (Å²) in [6.07, 6.45) is 0.638. The number of hydrogen-bond acceptors (Lipinski definition) is 5. The van der Waals surface area contributed by atoms with Crippen molar-refractivity contribution >= 4 is 17.9 Å². The molecule has 0 saturated heterocycles. The van der Waals surface area contributed by atoms with Crippen molar-refractivity contribution in [2.24, 2.45) is 13.0 Å². The number of amides is 3. The fourth-order valence-electron chi connectivity index (χ4n) is 1.67. The Labute approximate surface area is 142 Å². The predicted octanol–water partition coefficient (Wildman–Crippen LogP) is 2.02. The average molecular weight is 341 g/mol. The first-order chi connectivity index (χ1) is 11.1. The molecule has 3 amide bonds. The number of nitrogens with one attached hydrogen (secondary N) is 3. The van der Waals surface area contributed by atoms with E-state index in [4.69, 9.17) is 9.57 Å². The molecule has 0 spiro atoms. The van der Waals surface area contributed by atoms with Crippen LogP contribution in [0.1, 0.15) is 34.6 Å². The summed E-state index contributed by atoms with van der Waals surface area (Å²) >= 11 is 0. The normalized spacial score (nSPS) is 12.6. The highest BCUT2D eigenvalue weighted by Crippen LogP contribution is 2.08. The molecule has 0 aliphatic rings. The van der Waals surface area contributed by atoms with E-state index < -0.39 is 23.8 Å². The zero-order valence-electron chi connectivity index (χ0n) is 15.0. The quantitative estimate of drug-likeness (QED) is 0.686. The van der Waals surface area contributed by atoms with E-state index in [1.54, 1.807) is 44.8 Å². The van der Waals surface area contributed by atoms with E-state index in [9.17, 15) is 9.59 Å². The van der Waals surface area contributed by atoms with E-state index in [1.165, 1.54) is 0 Å². The molecular formula is C15H27N5O4. The Morgan fingerprint density at radius 1 is 1.33 bits per heavy atom. The molecule has 136 valence electrons. The Bertz CT molecular complexity index is 550. The van der Waals surface area contributed by atoms with Crippen LogP contribution in [0.15, 0.2) is 12.3 Å². The van der Waals surface area contributed by atoms with Crippen LogP contribution in [0.25, 0.3) is 0 Å². The molecule has 9 nitrogen and oxygen atoms in total. The number of hydroxylamine groups is 1. The highest BCUT2D eigenvalue weighted by atomic mass is 16.7. The Kier molecular flexibility index (Phi) is 7.02. The molecule has 1 heterocycles. The largest absolute Gasteiger partial charge is 0.442 e. The van der Waals surface area contributed by atoms with Crippen LogP contribution >= 0.6 is 0 Å². The smallest absolute Gasteiger partial charge is 0.431 e. The molecule has 1 unspecified atom stereocenters. The maximum absolute atomic E-state index is 11.8. The summed E-state index contributed by atoms with van der Waals surface area (Å²) in [5.74, 6) is 0.513. The first-order valence-electron chi connectivity index (χ1n) is 7.76. The number of carbonyl (C=O) groups is 2. The number of aromatic nitrogens is 2. The van der Waals surface area contributed by atoms with E-state index in [1.807, 2.05) is 13.8 Å². The van der Waals surface area contributed by atoms with Gasteiger partial charge in [-0.1, -0.05) is 13.8 Å². The third-order valence-corrected chi connectivity index (χ3v) is 2.86. The van der Waals surface area contributed by atoms with Gasteiger partial charge in [-0.15, -0.1) is 0 Å². The van der Waals surface area contributed by atoms with Crippen molar-refractivity contribution in [3.63, 3.8) is 0 Å². The minimum absolute atomic E-state index is 0.0649. The third kappa shape index (κ3) is 7.82. The standard InChI is InChI=1S/C15H27N5O4/c1-10(2)11(24-19-14(22)23-15(3,4)5)9-16-13(21)17-12-7-8-20(6)18-12/h7-8,10-11H,9H2,1-6H3,(H,19,22)(H2,16,17,18,21). The number of carbonyl (C=O) groups excluding carboxylic acids is 2. The molecule has 9 heteroatoms. The molecular weight excluding hydrogens is 314 g/mol. The van der Waals surface area contributed by atoms with Gasteiger partial charge in [0.2, 0.25) is 0 Å². The Morgan fingerprint density at radius 2 is 2.00 bits per heavy atom. The van der Waals surface area contributed by atoms with Crippen LogP contribution in [0.2, 0.25) is 0 Å². The van der Waals surface area contributed by atoms with E-state index in [0.29, 0.717) is 5.82 Å². The fourth-order valence-corrected chi connectivity index (χ4v) is 1.67. The molecule has 1 aromatic heterocycles. The molecule has 0 aromatic carbocycles. The zero-order chi connectivity index (χ0) is 18.3. The summed E-state index contributed by atoms with van der Waals surface area (Å²) in [5, 5.41) is 9.33. The van der Waals surface area contributed by atoms with Gasteiger partial charge in [0, 0.05) is 25.9 Å². The lowest BCUT2D eigenvalue weighted by molar-refractivity contribution is -0.0557. The van der Waals surface area contributed by atoms with Crippen LogP contribution in [-0.4, -0.2) is 40.2 Å². The SMILES string of the molecule is CC(C)C(CNC(=O)Nc1ccn(C)n1)ONC(=O)OC(C)(C)C. The second-order valence-corrected chi connectivity index (χ2v) is 6.71. The number of nitrogens with zero attached hydrogens (tertiary/aromatic N) is 2. The highest BCUT2D eigenvalue weighted by Gasteiger charge is 2.20. The molecule has 0 bridgehead atoms. The van der Waals surface area contributed by atoms with Crippen molar-refractivity contribution in [3.05, 3.63) is 12.3 Å². The number of rotatable bonds is 6. The molecule has 0 aliphatic carbocycles. The van der Waals surface area contributed by atoms with Gasteiger partial charge in [-0.05, 0) is 26.7 Å². The molecule has 0 saturated carbocycles. The third-order valence-electron chi connectivity index (χ3n) is 2.86. The minimum Gasteiger partial charge on any atom is -0.442 e. The van der Waals surface area contributed by atoms with Gasteiger partial charge in [0.25, 0.3) is 0 Å². The van der Waals surface area contributed by atoms with Crippen LogP contribution in [0.4, 0.5) is 15.4 Å². The lowest BCUT2D eigenvalue weighted by Crippen LogP contribution is -2.43. The lowest BCUT2D eigenvalue weighted by atomic mass is 10.1. The summed E-state index contributed by atoms with van der Waals surface area (Å²) < 4.78 is 6.67. The first kappa shape index (κ1) is 19.8. The second kappa shape index (κ2) is 8.53. The molecule has 24 heavy (non-hydrogen) atoms. The molecule has 1 aromatic rings. The van der Waals surface area contributed by atoms with Gasteiger partial charge >= 0.3 is 12.1 Å². The van der Waals surface area contributed by atoms with E-state index in [-0.39, 0.29) is 12.5 Å². The number of anilines is 1. The first-order valence-corrected chi connectivity index (χ1v) is 7.76. The van der Waals surface area contributed by atoms with Gasteiger partial charge in [-0.25, -0.2) is 9.59 Å². The van der Waals surface area contributed by atoms with E-state index >= 15 is 0 Å². The maximum atomic E-state index is 11.8. The van der Waals surface area contributed by atoms with Gasteiger partial charge in [0.1, 0.15) is 11.7 Å². The van der Waals surface area contributed by atoms with Gasteiger partial charge in [-0.2, -0.15) is 10.6 Å². The molecule has 3 N–H and O–H groups in total. The van der Waals surface area contributed by atoms with E-state index in [2.05, 4.69) is 21.2 Å². The Hall–Kier alpha value is -2.29. The average Bonchev–Trinajstić information content (AvgIpc) is 2.81.